The summed E-state index contributed by atoms with van der Waals surface area (Å²) in [5.74, 6) is 0. The SMILES string of the molecule is CC(C)(C)c1ccc(N(c2ccccc2-c2cccc3cccc(-c4ccccc4)c23)c2ccc3cc2c2cccc4c5ccccc5n(c5cccc3c5)c24)c(-c2ccccc2)c1. The lowest BCUT2D eigenvalue weighted by Crippen LogP contribution is -2.15. The summed E-state index contributed by atoms with van der Waals surface area (Å²) >= 11 is 0. The van der Waals surface area contributed by atoms with E-state index < -0.39 is 0 Å². The first-order valence-electron chi connectivity index (χ1n) is 22.3. The first kappa shape index (κ1) is 37.8. The van der Waals surface area contributed by atoms with Crippen LogP contribution in [0, 0.1) is 0 Å². The number of para-hydroxylation sites is 3. The lowest BCUT2D eigenvalue weighted by atomic mass is 9.84. The maximum absolute atomic E-state index is 2.56. The Morgan fingerprint density at radius 3 is 1.70 bits per heavy atom. The molecule has 4 bridgehead atoms. The molecular weight excluding hydrogens is 773 g/mol. The first-order chi connectivity index (χ1) is 31.4. The van der Waals surface area contributed by atoms with Crippen molar-refractivity contribution in [1.29, 1.82) is 0 Å². The molecule has 0 aliphatic heterocycles. The number of fused-ring (bicyclic) bond motifs is 11. The summed E-state index contributed by atoms with van der Waals surface area (Å²) in [6, 6.07) is 83.3. The number of rotatable bonds is 6. The highest BCUT2D eigenvalue weighted by Crippen LogP contribution is 2.50. The predicted molar refractivity (Wildman–Crippen MR) is 275 cm³/mol. The maximum atomic E-state index is 2.56. The number of hydrogen-bond acceptors (Lipinski definition) is 1. The molecule has 12 rings (SSSR count). The van der Waals surface area contributed by atoms with Gasteiger partial charge in [-0.3, -0.25) is 0 Å². The van der Waals surface area contributed by atoms with Gasteiger partial charge in [-0.15, -0.1) is 0 Å². The number of aromatic nitrogens is 1. The van der Waals surface area contributed by atoms with Crippen molar-refractivity contribution in [3.05, 3.63) is 230 Å². The number of benzene rings is 10. The van der Waals surface area contributed by atoms with Crippen molar-refractivity contribution >= 4 is 76.7 Å². The largest absolute Gasteiger partial charge is 0.309 e. The van der Waals surface area contributed by atoms with E-state index in [4.69, 9.17) is 0 Å². The molecule has 0 aliphatic rings. The topological polar surface area (TPSA) is 7.65 Å². The average Bonchev–Trinajstić information content (AvgIpc) is 3.70. The van der Waals surface area contributed by atoms with Crippen molar-refractivity contribution in [3.8, 4) is 33.4 Å². The number of nitrogens with zero attached hydrogens (tertiary/aromatic N) is 2. The Labute approximate surface area is 373 Å². The molecule has 0 spiro atoms. The van der Waals surface area contributed by atoms with Gasteiger partial charge in [-0.2, -0.15) is 0 Å². The van der Waals surface area contributed by atoms with Crippen molar-refractivity contribution in [1.82, 2.24) is 4.40 Å². The predicted octanol–water partition coefficient (Wildman–Crippen LogP) is 17.5. The Hall–Kier alpha value is -7.94. The summed E-state index contributed by atoms with van der Waals surface area (Å²) in [7, 11) is 0. The molecule has 2 aromatic heterocycles. The Morgan fingerprint density at radius 1 is 0.359 bits per heavy atom. The van der Waals surface area contributed by atoms with Gasteiger partial charge in [-0.1, -0.05) is 197 Å². The van der Waals surface area contributed by atoms with Crippen LogP contribution in [0.5, 0.6) is 0 Å². The summed E-state index contributed by atoms with van der Waals surface area (Å²) < 4.78 is 2.48. The minimum Gasteiger partial charge on any atom is -0.309 e. The smallest absolute Gasteiger partial charge is 0.0620 e. The highest BCUT2D eigenvalue weighted by Gasteiger charge is 2.26. The molecule has 0 amide bonds. The second-order valence-corrected chi connectivity index (χ2v) is 18.1. The van der Waals surface area contributed by atoms with E-state index in [-0.39, 0.29) is 5.41 Å². The number of hydrogen-bond donors (Lipinski definition) is 0. The molecule has 2 nitrogen and oxygen atoms in total. The monoisotopic (exact) mass is 818 g/mol. The van der Waals surface area contributed by atoms with Crippen LogP contribution in [0.2, 0.25) is 0 Å². The van der Waals surface area contributed by atoms with E-state index in [9.17, 15) is 0 Å². The van der Waals surface area contributed by atoms with E-state index in [1.807, 2.05) is 0 Å². The summed E-state index contributed by atoms with van der Waals surface area (Å²) in [6.45, 7) is 6.92. The van der Waals surface area contributed by atoms with Crippen molar-refractivity contribution in [2.24, 2.45) is 0 Å². The Balaban J connectivity index is 1.25. The van der Waals surface area contributed by atoms with Gasteiger partial charge in [-0.25, -0.2) is 0 Å². The normalized spacial score (nSPS) is 12.0. The second-order valence-electron chi connectivity index (χ2n) is 18.1. The Kier molecular flexibility index (Phi) is 8.77. The maximum Gasteiger partial charge on any atom is 0.0620 e. The first-order valence-corrected chi connectivity index (χ1v) is 22.3. The van der Waals surface area contributed by atoms with E-state index in [1.54, 1.807) is 0 Å². The average molecular weight is 819 g/mol. The van der Waals surface area contributed by atoms with Gasteiger partial charge >= 0.3 is 0 Å². The molecule has 0 saturated heterocycles. The van der Waals surface area contributed by atoms with Gasteiger partial charge in [0.1, 0.15) is 0 Å². The highest BCUT2D eigenvalue weighted by molar-refractivity contribution is 6.21. The minimum absolute atomic E-state index is 0.0551. The van der Waals surface area contributed by atoms with Crippen LogP contribution in [0.1, 0.15) is 26.3 Å². The van der Waals surface area contributed by atoms with E-state index >= 15 is 0 Å². The zero-order valence-electron chi connectivity index (χ0n) is 36.3. The zero-order valence-corrected chi connectivity index (χ0v) is 36.3. The molecule has 64 heavy (non-hydrogen) atoms. The van der Waals surface area contributed by atoms with Crippen LogP contribution in [0.4, 0.5) is 17.1 Å². The minimum atomic E-state index is -0.0551. The molecule has 0 radical (unpaired) electrons. The third-order valence-corrected chi connectivity index (χ3v) is 13.3. The van der Waals surface area contributed by atoms with Gasteiger partial charge in [0.25, 0.3) is 0 Å². The fourth-order valence-corrected chi connectivity index (χ4v) is 10.2. The molecule has 2 heteroatoms. The highest BCUT2D eigenvalue weighted by atomic mass is 15.1. The second kappa shape index (κ2) is 14.9. The number of anilines is 3. The lowest BCUT2D eigenvalue weighted by molar-refractivity contribution is 0.590. The third-order valence-electron chi connectivity index (χ3n) is 13.3. The standard InChI is InChI=1S/C62H46N2/c1-62(2,3)46-35-37-58(54(40-46)42-20-8-5-9-21-42)64(57-33-13-10-26-49(57)51-29-16-23-43-22-15-28-48(60(43)51)41-18-6-4-7-19-41)59-36-34-45-39-55(59)53-31-17-30-52-50-27-11-12-32-56(50)63(61(52)53)47-25-14-24-44(45)38-47/h4-40H,1-3H3. The van der Waals surface area contributed by atoms with Crippen LogP contribution in [0.3, 0.4) is 0 Å². The van der Waals surface area contributed by atoms with Crippen LogP contribution in [0.25, 0.3) is 93.0 Å². The summed E-state index contributed by atoms with van der Waals surface area (Å²) in [6.07, 6.45) is 0. The quantitative estimate of drug-likeness (QED) is 0.162. The molecule has 304 valence electrons. The summed E-state index contributed by atoms with van der Waals surface area (Å²) in [5.41, 5.74) is 15.3. The summed E-state index contributed by atoms with van der Waals surface area (Å²) in [4.78, 5) is 2.56. The lowest BCUT2D eigenvalue weighted by Gasteiger charge is -2.32. The van der Waals surface area contributed by atoms with Crippen LogP contribution in [-0.4, -0.2) is 4.40 Å². The van der Waals surface area contributed by atoms with Gasteiger partial charge in [0.15, 0.2) is 0 Å². The van der Waals surface area contributed by atoms with Gasteiger partial charge in [0, 0.05) is 38.2 Å². The van der Waals surface area contributed by atoms with Gasteiger partial charge in [-0.05, 0) is 103 Å². The van der Waals surface area contributed by atoms with Crippen molar-refractivity contribution in [2.75, 3.05) is 4.90 Å². The Morgan fingerprint density at radius 2 is 0.922 bits per heavy atom. The molecule has 0 N–H and O–H groups in total. The van der Waals surface area contributed by atoms with Gasteiger partial charge in [0.05, 0.1) is 28.1 Å². The fraction of sp³-hybridized carbons (Fsp3) is 0.0645. The van der Waals surface area contributed by atoms with Crippen molar-refractivity contribution in [3.63, 3.8) is 0 Å². The van der Waals surface area contributed by atoms with Crippen LogP contribution >= 0.6 is 0 Å². The molecule has 0 saturated carbocycles. The van der Waals surface area contributed by atoms with Gasteiger partial charge < -0.3 is 9.30 Å². The molecule has 12 aromatic rings. The molecule has 2 heterocycles. The molecular formula is C62H46N2. The van der Waals surface area contributed by atoms with E-state index in [2.05, 4.69) is 255 Å². The molecule has 0 fully saturated rings. The van der Waals surface area contributed by atoms with E-state index in [1.165, 1.54) is 87.5 Å². The van der Waals surface area contributed by atoms with Crippen LogP contribution in [-0.2, 0) is 5.41 Å². The molecule has 0 atom stereocenters. The van der Waals surface area contributed by atoms with Crippen LogP contribution < -0.4 is 4.90 Å². The molecule has 10 aromatic carbocycles. The van der Waals surface area contributed by atoms with E-state index in [0.29, 0.717) is 0 Å². The van der Waals surface area contributed by atoms with Crippen molar-refractivity contribution in [2.45, 2.75) is 26.2 Å². The van der Waals surface area contributed by atoms with Gasteiger partial charge in [0.2, 0.25) is 0 Å². The third kappa shape index (κ3) is 6.09. The van der Waals surface area contributed by atoms with Crippen molar-refractivity contribution < 1.29 is 0 Å². The zero-order chi connectivity index (χ0) is 42.9. The molecule has 0 aliphatic carbocycles. The Bertz CT molecular complexity index is 3750. The fourth-order valence-electron chi connectivity index (χ4n) is 10.2. The molecule has 0 unspecified atom stereocenters. The van der Waals surface area contributed by atoms with Crippen LogP contribution in [0.15, 0.2) is 224 Å². The van der Waals surface area contributed by atoms with E-state index in [0.717, 1.165) is 28.1 Å². The summed E-state index contributed by atoms with van der Waals surface area (Å²) in [5, 5.41) is 9.70.